The molecule has 0 fully saturated rings. The number of rotatable bonds is 4. The van der Waals surface area contributed by atoms with E-state index in [1.807, 2.05) is 24.5 Å². The first-order valence-corrected chi connectivity index (χ1v) is 9.16. The molecule has 0 aromatic carbocycles. The van der Waals surface area contributed by atoms with E-state index in [2.05, 4.69) is 4.98 Å². The van der Waals surface area contributed by atoms with Crippen LogP contribution in [0.15, 0.2) is 43.9 Å². The molecule has 3 rings (SSSR count). The maximum atomic E-state index is 12.0. The monoisotopic (exact) mass is 349 g/mol. The minimum absolute atomic E-state index is 0.192. The number of carbonyl (C=O) groups excluding carboxylic acids is 1. The predicted molar refractivity (Wildman–Crippen MR) is 91.4 cm³/mol. The Kier molecular flexibility index (Phi) is 4.47. The molecule has 0 aliphatic rings. The summed E-state index contributed by atoms with van der Waals surface area (Å²) in [5, 5.41) is 0. The number of H-pyrrole nitrogens is 1. The van der Waals surface area contributed by atoms with Crippen LogP contribution >= 0.6 is 34.4 Å². The zero-order valence-corrected chi connectivity index (χ0v) is 13.9. The van der Waals surface area contributed by atoms with Crippen LogP contribution in [0.1, 0.15) is 15.4 Å². The zero-order valence-electron chi connectivity index (χ0n) is 11.5. The minimum atomic E-state index is -0.269. The fourth-order valence-corrected chi connectivity index (χ4v) is 4.24. The highest BCUT2D eigenvalue weighted by Crippen LogP contribution is 2.25. The lowest BCUT2D eigenvalue weighted by Crippen LogP contribution is -2.19. The molecule has 0 radical (unpaired) electrons. The summed E-state index contributed by atoms with van der Waals surface area (Å²) in [4.78, 5) is 27.6. The molecule has 0 spiro atoms. The lowest BCUT2D eigenvalue weighted by atomic mass is 10.3. The van der Waals surface area contributed by atoms with Crippen LogP contribution in [0.2, 0.25) is 0 Å². The molecule has 3 aromatic rings. The van der Waals surface area contributed by atoms with E-state index in [4.69, 9.17) is 4.42 Å². The van der Waals surface area contributed by atoms with Crippen LogP contribution in [-0.4, -0.2) is 17.0 Å². The Hall–Kier alpha value is -1.83. The average Bonchev–Trinajstić information content (AvgIpc) is 3.22. The summed E-state index contributed by atoms with van der Waals surface area (Å²) in [6, 6.07) is 7.24. The maximum absolute atomic E-state index is 12.0. The topological polar surface area (TPSA) is 63.1 Å². The Balaban J connectivity index is 1.97. The van der Waals surface area contributed by atoms with Crippen molar-refractivity contribution in [3.63, 3.8) is 0 Å². The van der Waals surface area contributed by atoms with Gasteiger partial charge in [-0.2, -0.15) is 0 Å². The van der Waals surface area contributed by atoms with E-state index in [-0.39, 0.29) is 17.1 Å². The molecule has 0 aliphatic carbocycles. The molecule has 0 unspecified atom stereocenters. The van der Waals surface area contributed by atoms with Crippen LogP contribution in [0.3, 0.4) is 0 Å². The summed E-state index contributed by atoms with van der Waals surface area (Å²) in [6.45, 7) is 0. The van der Waals surface area contributed by atoms with Crippen molar-refractivity contribution in [1.82, 2.24) is 4.98 Å². The summed E-state index contributed by atoms with van der Waals surface area (Å²) < 4.78 is 7.32. The zero-order chi connectivity index (χ0) is 15.5. The summed E-state index contributed by atoms with van der Waals surface area (Å²) in [7, 11) is 0. The largest absolute Gasteiger partial charge is 0.461 e. The smallest absolute Gasteiger partial charge is 0.266 e. The molecule has 3 aromatic heterocycles. The van der Waals surface area contributed by atoms with Gasteiger partial charge in [0.1, 0.15) is 0 Å². The van der Waals surface area contributed by atoms with Gasteiger partial charge in [0.05, 0.1) is 19.7 Å². The molecule has 0 saturated heterocycles. The Morgan fingerprint density at radius 1 is 1.32 bits per heavy atom. The van der Waals surface area contributed by atoms with Crippen molar-refractivity contribution in [1.29, 1.82) is 0 Å². The standard InChI is InChI=1S/C15H11NO3S3/c1-20-14-5-4-9(21-14)7-12-15(18)16-13(22-12)8-10(17)11-3-2-6-19-11/h2-8H,1H3,(H,16,18)/b12-7-,13-8-. The second kappa shape index (κ2) is 6.51. The summed E-state index contributed by atoms with van der Waals surface area (Å²) in [6.07, 6.45) is 6.67. The van der Waals surface area contributed by atoms with Gasteiger partial charge in [0.2, 0.25) is 5.78 Å². The van der Waals surface area contributed by atoms with Gasteiger partial charge in [-0.1, -0.05) is 0 Å². The number of thiazole rings is 1. The maximum Gasteiger partial charge on any atom is 0.266 e. The van der Waals surface area contributed by atoms with Gasteiger partial charge in [-0.05, 0) is 36.6 Å². The van der Waals surface area contributed by atoms with Crippen molar-refractivity contribution >= 4 is 52.4 Å². The first-order chi connectivity index (χ1) is 10.7. The van der Waals surface area contributed by atoms with E-state index in [1.54, 1.807) is 35.2 Å². The van der Waals surface area contributed by atoms with E-state index in [0.717, 1.165) is 4.88 Å². The molecule has 1 N–H and O–H groups in total. The van der Waals surface area contributed by atoms with E-state index in [1.165, 1.54) is 27.9 Å². The molecule has 0 bridgehead atoms. The lowest BCUT2D eigenvalue weighted by molar-refractivity contribution is 0.103. The summed E-state index contributed by atoms with van der Waals surface area (Å²) in [5.41, 5.74) is -0.192. The third-order valence-electron chi connectivity index (χ3n) is 2.78. The number of hydrogen-bond donors (Lipinski definition) is 1. The van der Waals surface area contributed by atoms with Gasteiger partial charge in [0.25, 0.3) is 5.56 Å². The van der Waals surface area contributed by atoms with Crippen molar-refractivity contribution in [2.75, 3.05) is 6.26 Å². The Morgan fingerprint density at radius 3 is 2.86 bits per heavy atom. The van der Waals surface area contributed by atoms with E-state index < -0.39 is 0 Å². The predicted octanol–water partition coefficient (Wildman–Crippen LogP) is 2.30. The van der Waals surface area contributed by atoms with Crippen LogP contribution in [0.25, 0.3) is 12.2 Å². The Bertz CT molecular complexity index is 961. The van der Waals surface area contributed by atoms with E-state index in [0.29, 0.717) is 9.20 Å². The average molecular weight is 349 g/mol. The number of furan rings is 1. The SMILES string of the molecule is CSc1ccc(/C=c2\s/c(=C\C(=O)c3ccco3)[nH]c2=O)s1. The van der Waals surface area contributed by atoms with Crippen LogP contribution in [-0.2, 0) is 0 Å². The number of thiophene rings is 1. The second-order valence-corrected chi connectivity index (χ2v) is 7.58. The highest BCUT2D eigenvalue weighted by molar-refractivity contribution is 8.00. The van der Waals surface area contributed by atoms with Gasteiger partial charge in [-0.15, -0.1) is 34.4 Å². The van der Waals surface area contributed by atoms with E-state index in [9.17, 15) is 9.59 Å². The molecular formula is C15H11NO3S3. The molecule has 0 aliphatic heterocycles. The highest BCUT2D eigenvalue weighted by Gasteiger charge is 2.05. The van der Waals surface area contributed by atoms with Crippen LogP contribution in [0.4, 0.5) is 0 Å². The molecule has 22 heavy (non-hydrogen) atoms. The van der Waals surface area contributed by atoms with Crippen molar-refractivity contribution in [3.8, 4) is 0 Å². The van der Waals surface area contributed by atoms with Crippen molar-refractivity contribution in [2.45, 2.75) is 4.21 Å². The number of aromatic nitrogens is 1. The molecule has 0 amide bonds. The van der Waals surface area contributed by atoms with Gasteiger partial charge >= 0.3 is 0 Å². The van der Waals surface area contributed by atoms with Gasteiger partial charge < -0.3 is 9.40 Å². The fourth-order valence-electron chi connectivity index (χ4n) is 1.78. The van der Waals surface area contributed by atoms with E-state index >= 15 is 0 Å². The lowest BCUT2D eigenvalue weighted by Gasteiger charge is -1.84. The van der Waals surface area contributed by atoms with Gasteiger partial charge in [0, 0.05) is 11.0 Å². The number of nitrogens with one attached hydrogen (secondary N) is 1. The molecule has 0 atom stereocenters. The van der Waals surface area contributed by atoms with Crippen molar-refractivity contribution in [2.24, 2.45) is 0 Å². The molecule has 0 saturated carbocycles. The van der Waals surface area contributed by atoms with Crippen LogP contribution in [0, 0.1) is 0 Å². The number of ketones is 1. The Labute approximate surface area is 137 Å². The molecule has 112 valence electrons. The molecule has 4 nitrogen and oxygen atoms in total. The third-order valence-corrected chi connectivity index (χ3v) is 5.86. The normalized spacial score (nSPS) is 13.0. The van der Waals surface area contributed by atoms with Gasteiger partial charge in [-0.3, -0.25) is 9.59 Å². The highest BCUT2D eigenvalue weighted by atomic mass is 32.2. The first kappa shape index (κ1) is 15.1. The van der Waals surface area contributed by atoms with Crippen molar-refractivity contribution in [3.05, 3.63) is 60.7 Å². The van der Waals surface area contributed by atoms with Gasteiger partial charge in [0.15, 0.2) is 5.76 Å². The first-order valence-electron chi connectivity index (χ1n) is 6.30. The number of aromatic amines is 1. The summed E-state index contributed by atoms with van der Waals surface area (Å²) >= 11 is 4.55. The number of thioether (sulfide) groups is 1. The molecule has 7 heteroatoms. The number of carbonyl (C=O) groups is 1. The Morgan fingerprint density at radius 2 is 2.18 bits per heavy atom. The van der Waals surface area contributed by atoms with Crippen LogP contribution in [0.5, 0.6) is 0 Å². The van der Waals surface area contributed by atoms with Crippen molar-refractivity contribution < 1.29 is 9.21 Å². The third kappa shape index (κ3) is 3.32. The quantitative estimate of drug-likeness (QED) is 0.580. The van der Waals surface area contributed by atoms with Gasteiger partial charge in [-0.25, -0.2) is 0 Å². The number of Topliss-reactive ketones (excluding diaryl/α,β-unsaturated/α-hetero) is 1. The van der Waals surface area contributed by atoms with Crippen LogP contribution < -0.4 is 14.8 Å². The molecule has 3 heterocycles. The summed E-state index contributed by atoms with van der Waals surface area (Å²) in [5.74, 6) is -0.0162. The second-order valence-electron chi connectivity index (χ2n) is 4.28. The number of hydrogen-bond acceptors (Lipinski definition) is 6. The molecular weight excluding hydrogens is 338 g/mol. The minimum Gasteiger partial charge on any atom is -0.461 e. The fraction of sp³-hybridized carbons (Fsp3) is 0.0667.